The first-order chi connectivity index (χ1) is 16.1. The number of esters is 1. The van der Waals surface area contributed by atoms with Crippen molar-refractivity contribution >= 4 is 13.8 Å². The fraction of sp³-hybridized carbons (Fsp3) is 0.880. The summed E-state index contributed by atoms with van der Waals surface area (Å²) in [5, 5.41) is 0. The highest BCUT2D eigenvalue weighted by Crippen LogP contribution is 2.43. The van der Waals surface area contributed by atoms with Gasteiger partial charge in [0.2, 0.25) is 0 Å². The molecule has 0 aliphatic carbocycles. The monoisotopic (exact) mass is 508 g/mol. The second kappa shape index (κ2) is 20.4. The highest BCUT2D eigenvalue weighted by molar-refractivity contribution is 7.47. The van der Waals surface area contributed by atoms with E-state index < -0.39 is 13.9 Å². The predicted octanol–water partition coefficient (Wildman–Crippen LogP) is 5.64. The van der Waals surface area contributed by atoms with Crippen LogP contribution in [0.5, 0.6) is 0 Å². The van der Waals surface area contributed by atoms with Gasteiger partial charge in [0, 0.05) is 13.0 Å². The number of carbonyl (C=O) groups excluding carboxylic acids is 1. The van der Waals surface area contributed by atoms with Gasteiger partial charge in [-0.3, -0.25) is 13.8 Å². The van der Waals surface area contributed by atoms with Gasteiger partial charge in [-0.25, -0.2) is 4.57 Å². The summed E-state index contributed by atoms with van der Waals surface area (Å²) in [6.45, 7) is 5.15. The SMILES string of the molecule is CCC/C=C\CCCCCCCCOCC(COP(=O)(O)OCC[N+](C)(C)C)OC(=O)CCC. The Balaban J connectivity index is 4.13. The molecule has 2 unspecified atom stereocenters. The second-order valence-electron chi connectivity index (χ2n) is 9.72. The molecule has 2 atom stereocenters. The van der Waals surface area contributed by atoms with Crippen LogP contribution in [0.25, 0.3) is 0 Å². The quantitative estimate of drug-likeness (QED) is 0.0628. The maximum Gasteiger partial charge on any atom is 0.472 e. The topological polar surface area (TPSA) is 91.3 Å². The Labute approximate surface area is 208 Å². The number of allylic oxidation sites excluding steroid dienone is 2. The number of hydrogen-bond donors (Lipinski definition) is 1. The first-order valence-corrected chi connectivity index (χ1v) is 14.4. The first kappa shape index (κ1) is 33.2. The van der Waals surface area contributed by atoms with E-state index in [0.29, 0.717) is 24.1 Å². The largest absolute Gasteiger partial charge is 0.472 e. The maximum atomic E-state index is 12.1. The number of nitrogens with zero attached hydrogens (tertiary/aromatic N) is 1. The van der Waals surface area contributed by atoms with E-state index in [-0.39, 0.29) is 32.2 Å². The lowest BCUT2D eigenvalue weighted by molar-refractivity contribution is -0.870. The standard InChI is InChI=1S/C25H50NO7P/c1-6-8-9-10-11-12-13-14-15-16-17-20-30-22-24(33-25(27)18-7-2)23-32-34(28,29)31-21-19-26(3,4)5/h9-10,24H,6-8,11-23H2,1-5H3/p+1/b10-9-. The Morgan fingerprint density at radius 2 is 1.53 bits per heavy atom. The Bertz CT molecular complexity index is 578. The molecule has 8 nitrogen and oxygen atoms in total. The molecule has 0 heterocycles. The lowest BCUT2D eigenvalue weighted by atomic mass is 10.1. The molecule has 0 saturated carbocycles. The molecular weight excluding hydrogens is 457 g/mol. The molecule has 34 heavy (non-hydrogen) atoms. The summed E-state index contributed by atoms with van der Waals surface area (Å²) in [7, 11) is 1.65. The highest BCUT2D eigenvalue weighted by atomic mass is 31.2. The van der Waals surface area contributed by atoms with Crippen molar-refractivity contribution in [1.82, 2.24) is 0 Å². The van der Waals surface area contributed by atoms with Gasteiger partial charge in [0.1, 0.15) is 19.3 Å². The molecule has 0 aliphatic heterocycles. The smallest absolute Gasteiger partial charge is 0.457 e. The Kier molecular flexibility index (Phi) is 20.0. The van der Waals surface area contributed by atoms with Crippen molar-refractivity contribution in [3.8, 4) is 0 Å². The molecule has 0 fully saturated rings. The zero-order chi connectivity index (χ0) is 25.7. The Hall–Kier alpha value is -0.760. The summed E-state index contributed by atoms with van der Waals surface area (Å²) in [6, 6.07) is 0. The van der Waals surface area contributed by atoms with Gasteiger partial charge in [-0.1, -0.05) is 58.1 Å². The molecule has 0 rings (SSSR count). The van der Waals surface area contributed by atoms with E-state index in [2.05, 4.69) is 19.1 Å². The minimum Gasteiger partial charge on any atom is -0.457 e. The summed E-state index contributed by atoms with van der Waals surface area (Å²) in [4.78, 5) is 21.8. The molecule has 0 amide bonds. The van der Waals surface area contributed by atoms with Gasteiger partial charge in [0.05, 0.1) is 34.4 Å². The van der Waals surface area contributed by atoms with Crippen LogP contribution in [0.15, 0.2) is 12.2 Å². The van der Waals surface area contributed by atoms with Crippen molar-refractivity contribution in [3.05, 3.63) is 12.2 Å². The number of carbonyl (C=O) groups is 1. The number of likely N-dealkylation sites (N-methyl/N-ethyl adjacent to an activating group) is 1. The van der Waals surface area contributed by atoms with E-state index in [1.165, 1.54) is 44.9 Å². The maximum absolute atomic E-state index is 12.1. The molecule has 0 aromatic rings. The molecule has 202 valence electrons. The van der Waals surface area contributed by atoms with Crippen molar-refractivity contribution in [2.75, 3.05) is 54.1 Å². The molecule has 0 radical (unpaired) electrons. The zero-order valence-electron chi connectivity index (χ0n) is 22.3. The van der Waals surface area contributed by atoms with E-state index in [4.69, 9.17) is 18.5 Å². The average Bonchev–Trinajstić information content (AvgIpc) is 2.74. The molecule has 9 heteroatoms. The van der Waals surface area contributed by atoms with Crippen LogP contribution in [0.2, 0.25) is 0 Å². The lowest BCUT2D eigenvalue weighted by Crippen LogP contribution is -2.37. The van der Waals surface area contributed by atoms with Crippen LogP contribution in [0, 0.1) is 0 Å². The van der Waals surface area contributed by atoms with Crippen LogP contribution in [0.3, 0.4) is 0 Å². The zero-order valence-corrected chi connectivity index (χ0v) is 23.2. The number of phosphoric ester groups is 1. The lowest BCUT2D eigenvalue weighted by Gasteiger charge is -2.24. The molecule has 0 aromatic heterocycles. The molecule has 0 saturated heterocycles. The summed E-state index contributed by atoms with van der Waals surface area (Å²) < 4.78 is 33.8. The third-order valence-corrected chi connectivity index (χ3v) is 6.01. The average molecular weight is 509 g/mol. The van der Waals surface area contributed by atoms with Crippen LogP contribution >= 0.6 is 7.82 Å². The molecule has 1 N–H and O–H groups in total. The molecule has 0 aliphatic rings. The van der Waals surface area contributed by atoms with E-state index >= 15 is 0 Å². The number of unbranched alkanes of at least 4 members (excludes halogenated alkanes) is 7. The van der Waals surface area contributed by atoms with Crippen LogP contribution in [-0.4, -0.2) is 75.6 Å². The minimum absolute atomic E-state index is 0.0869. The number of phosphoric acid groups is 1. The highest BCUT2D eigenvalue weighted by Gasteiger charge is 2.26. The van der Waals surface area contributed by atoms with Gasteiger partial charge in [0.15, 0.2) is 0 Å². The van der Waals surface area contributed by atoms with E-state index in [1.54, 1.807) is 0 Å². The number of hydrogen-bond acceptors (Lipinski definition) is 6. The fourth-order valence-electron chi connectivity index (χ4n) is 3.00. The van der Waals surface area contributed by atoms with Crippen LogP contribution < -0.4 is 0 Å². The van der Waals surface area contributed by atoms with Gasteiger partial charge in [-0.05, 0) is 32.1 Å². The van der Waals surface area contributed by atoms with Crippen LogP contribution in [-0.2, 0) is 27.9 Å². The van der Waals surface area contributed by atoms with E-state index in [0.717, 1.165) is 12.8 Å². The Morgan fingerprint density at radius 1 is 0.882 bits per heavy atom. The molecule has 0 spiro atoms. The van der Waals surface area contributed by atoms with Gasteiger partial charge < -0.3 is 18.9 Å². The number of ether oxygens (including phenoxy) is 2. The summed E-state index contributed by atoms with van der Waals surface area (Å²) in [5.41, 5.74) is 0. The third-order valence-electron chi connectivity index (χ3n) is 5.03. The number of rotatable bonds is 23. The van der Waals surface area contributed by atoms with E-state index in [1.807, 2.05) is 28.1 Å². The van der Waals surface area contributed by atoms with Crippen molar-refractivity contribution < 1.29 is 37.3 Å². The molecular formula is C25H51NO7P+. The van der Waals surface area contributed by atoms with E-state index in [9.17, 15) is 14.3 Å². The fourth-order valence-corrected chi connectivity index (χ4v) is 3.74. The third kappa shape index (κ3) is 23.0. The first-order valence-electron chi connectivity index (χ1n) is 12.9. The van der Waals surface area contributed by atoms with Gasteiger partial charge >= 0.3 is 13.8 Å². The normalized spacial score (nSPS) is 14.9. The van der Waals surface area contributed by atoms with Gasteiger partial charge in [0.25, 0.3) is 0 Å². The second-order valence-corrected chi connectivity index (χ2v) is 11.2. The summed E-state index contributed by atoms with van der Waals surface area (Å²) >= 11 is 0. The van der Waals surface area contributed by atoms with Crippen molar-refractivity contribution in [2.45, 2.75) is 90.6 Å². The van der Waals surface area contributed by atoms with Gasteiger partial charge in [-0.15, -0.1) is 0 Å². The molecule has 0 bridgehead atoms. The Morgan fingerprint density at radius 3 is 2.18 bits per heavy atom. The van der Waals surface area contributed by atoms with Crippen LogP contribution in [0.4, 0.5) is 0 Å². The number of quaternary nitrogens is 1. The van der Waals surface area contributed by atoms with Gasteiger partial charge in [-0.2, -0.15) is 0 Å². The van der Waals surface area contributed by atoms with Crippen molar-refractivity contribution in [2.24, 2.45) is 0 Å². The van der Waals surface area contributed by atoms with Crippen LogP contribution in [0.1, 0.15) is 84.5 Å². The summed E-state index contributed by atoms with van der Waals surface area (Å²) in [5.74, 6) is -0.372. The molecule has 0 aromatic carbocycles. The van der Waals surface area contributed by atoms with Crippen molar-refractivity contribution in [1.29, 1.82) is 0 Å². The predicted molar refractivity (Wildman–Crippen MR) is 137 cm³/mol. The van der Waals surface area contributed by atoms with Crippen molar-refractivity contribution in [3.63, 3.8) is 0 Å². The summed E-state index contributed by atoms with van der Waals surface area (Å²) in [6.07, 6.45) is 15.2. The minimum atomic E-state index is -4.22.